The fraction of sp³-hybridized carbons (Fsp3) is 0.875. The van der Waals surface area contributed by atoms with Crippen molar-refractivity contribution in [2.45, 2.75) is 71.1 Å². The largest absolute Gasteiger partial charge is 0.376 e. The molecule has 0 aromatic rings. The summed E-state index contributed by atoms with van der Waals surface area (Å²) < 4.78 is 10.9. The fourth-order valence-electron chi connectivity index (χ4n) is 5.05. The smallest absolute Gasteiger partial charge is 0.249 e. The van der Waals surface area contributed by atoms with Gasteiger partial charge in [-0.05, 0) is 37.6 Å². The normalized spacial score (nSPS) is 26.4. The first-order valence-electron chi connectivity index (χ1n) is 12.4. The lowest BCUT2D eigenvalue weighted by Gasteiger charge is -2.33. The molecule has 9 heteroatoms. The molecule has 3 unspecified atom stereocenters. The molecule has 1 N–H and O–H groups in total. The van der Waals surface area contributed by atoms with Crippen LogP contribution in [0.25, 0.3) is 0 Å². The van der Waals surface area contributed by atoms with Crippen LogP contribution in [0.3, 0.4) is 0 Å². The SMILES string of the molecule is COCC(=O)N1CC(N(CC2CCCO2)C(=O)CC(C)(C)C)CC1C(=O)N1CCCNCC1. The second-order valence-corrected chi connectivity index (χ2v) is 10.7. The summed E-state index contributed by atoms with van der Waals surface area (Å²) in [7, 11) is 1.49. The van der Waals surface area contributed by atoms with E-state index < -0.39 is 6.04 Å². The maximum Gasteiger partial charge on any atom is 0.249 e. The minimum Gasteiger partial charge on any atom is -0.376 e. The molecule has 3 aliphatic rings. The Bertz CT molecular complexity index is 681. The van der Waals surface area contributed by atoms with E-state index in [-0.39, 0.29) is 41.9 Å². The van der Waals surface area contributed by atoms with E-state index in [1.807, 2.05) is 9.80 Å². The van der Waals surface area contributed by atoms with Crippen molar-refractivity contribution in [3.63, 3.8) is 0 Å². The summed E-state index contributed by atoms with van der Waals surface area (Å²) in [6.45, 7) is 10.6. The quantitative estimate of drug-likeness (QED) is 0.599. The molecular formula is C24H42N4O5. The fourth-order valence-corrected chi connectivity index (χ4v) is 5.05. The van der Waals surface area contributed by atoms with E-state index in [1.165, 1.54) is 7.11 Å². The number of rotatable bonds is 7. The Morgan fingerprint density at radius 1 is 1.15 bits per heavy atom. The van der Waals surface area contributed by atoms with Gasteiger partial charge < -0.3 is 29.5 Å². The molecule has 0 aliphatic carbocycles. The number of hydrogen-bond acceptors (Lipinski definition) is 6. The molecule has 0 aromatic carbocycles. The van der Waals surface area contributed by atoms with Gasteiger partial charge in [-0.1, -0.05) is 20.8 Å². The number of ether oxygens (including phenoxy) is 2. The van der Waals surface area contributed by atoms with Gasteiger partial charge in [-0.15, -0.1) is 0 Å². The van der Waals surface area contributed by atoms with Gasteiger partial charge in [-0.25, -0.2) is 0 Å². The molecule has 0 spiro atoms. The minimum absolute atomic E-state index is 0.0171. The first kappa shape index (κ1) is 25.9. The van der Waals surface area contributed by atoms with Crippen molar-refractivity contribution in [3.8, 4) is 0 Å². The van der Waals surface area contributed by atoms with Gasteiger partial charge in [-0.2, -0.15) is 0 Å². The summed E-state index contributed by atoms with van der Waals surface area (Å²) >= 11 is 0. The van der Waals surface area contributed by atoms with E-state index in [9.17, 15) is 14.4 Å². The summed E-state index contributed by atoms with van der Waals surface area (Å²) in [4.78, 5) is 45.2. The predicted octanol–water partition coefficient (Wildman–Crippen LogP) is 0.868. The van der Waals surface area contributed by atoms with Crippen LogP contribution in [0.1, 0.15) is 52.9 Å². The average Bonchev–Trinajstić information content (AvgIpc) is 3.33. The van der Waals surface area contributed by atoms with Crippen LogP contribution in [-0.2, 0) is 23.9 Å². The molecule has 188 valence electrons. The highest BCUT2D eigenvalue weighted by atomic mass is 16.5. The molecule has 0 aromatic heterocycles. The number of likely N-dealkylation sites (tertiary alicyclic amines) is 1. The Morgan fingerprint density at radius 3 is 2.61 bits per heavy atom. The van der Waals surface area contributed by atoms with Gasteiger partial charge in [0.05, 0.1) is 12.1 Å². The van der Waals surface area contributed by atoms with Gasteiger partial charge in [0.2, 0.25) is 17.7 Å². The number of hydrogen-bond donors (Lipinski definition) is 1. The van der Waals surface area contributed by atoms with Gasteiger partial charge in [0, 0.05) is 52.9 Å². The lowest BCUT2D eigenvalue weighted by atomic mass is 9.91. The lowest BCUT2D eigenvalue weighted by Crippen LogP contribution is -2.49. The highest BCUT2D eigenvalue weighted by Crippen LogP contribution is 2.29. The van der Waals surface area contributed by atoms with Crippen LogP contribution < -0.4 is 5.32 Å². The monoisotopic (exact) mass is 466 g/mol. The van der Waals surface area contributed by atoms with E-state index in [0.717, 1.165) is 39.0 Å². The third-order valence-electron chi connectivity index (χ3n) is 6.67. The summed E-state index contributed by atoms with van der Waals surface area (Å²) in [5.41, 5.74) is -0.149. The average molecular weight is 467 g/mol. The molecule has 3 aliphatic heterocycles. The molecule has 9 nitrogen and oxygen atoms in total. The second kappa shape index (κ2) is 11.6. The zero-order chi connectivity index (χ0) is 24.0. The summed E-state index contributed by atoms with van der Waals surface area (Å²) in [5.74, 6) is -0.160. The molecule has 3 saturated heterocycles. The molecule has 0 saturated carbocycles. The van der Waals surface area contributed by atoms with Crippen molar-refractivity contribution < 1.29 is 23.9 Å². The Kier molecular flexibility index (Phi) is 9.12. The third kappa shape index (κ3) is 7.13. The highest BCUT2D eigenvalue weighted by molar-refractivity contribution is 5.89. The maximum atomic E-state index is 13.5. The molecule has 0 radical (unpaired) electrons. The molecule has 3 rings (SSSR count). The minimum atomic E-state index is -0.565. The Morgan fingerprint density at radius 2 is 1.94 bits per heavy atom. The van der Waals surface area contributed by atoms with E-state index >= 15 is 0 Å². The lowest BCUT2D eigenvalue weighted by molar-refractivity contribution is -0.145. The van der Waals surface area contributed by atoms with Gasteiger partial charge in [0.15, 0.2) is 0 Å². The zero-order valence-electron chi connectivity index (χ0n) is 20.8. The molecule has 0 bridgehead atoms. The summed E-state index contributed by atoms with van der Waals surface area (Å²) in [6.07, 6.45) is 3.71. The topological polar surface area (TPSA) is 91.4 Å². The first-order valence-corrected chi connectivity index (χ1v) is 12.4. The molecule has 33 heavy (non-hydrogen) atoms. The maximum absolute atomic E-state index is 13.5. The zero-order valence-corrected chi connectivity index (χ0v) is 20.8. The molecule has 3 fully saturated rings. The number of amides is 3. The van der Waals surface area contributed by atoms with Crippen molar-refractivity contribution in [3.05, 3.63) is 0 Å². The van der Waals surface area contributed by atoms with Gasteiger partial charge in [0.1, 0.15) is 12.6 Å². The number of methoxy groups -OCH3 is 1. The molecule has 3 amide bonds. The highest BCUT2D eigenvalue weighted by Gasteiger charge is 2.45. The van der Waals surface area contributed by atoms with E-state index in [4.69, 9.17) is 9.47 Å². The summed E-state index contributed by atoms with van der Waals surface area (Å²) in [5, 5.41) is 3.32. The van der Waals surface area contributed by atoms with Crippen LogP contribution in [0.4, 0.5) is 0 Å². The van der Waals surface area contributed by atoms with Crippen LogP contribution in [0.2, 0.25) is 0 Å². The standard InChI is InChI=1S/C24H42N4O5/c1-24(2,3)14-21(29)27(16-19-7-5-12-33-19)18-13-20(28(15-18)22(30)17-32-4)23(31)26-10-6-8-25-9-11-26/h18-20,25H,5-17H2,1-4H3. The number of carbonyl (C=O) groups excluding carboxylic acids is 3. The number of carbonyl (C=O) groups is 3. The Hall–Kier alpha value is -1.71. The van der Waals surface area contributed by atoms with Crippen molar-refractivity contribution in [1.29, 1.82) is 0 Å². The van der Waals surface area contributed by atoms with E-state index in [1.54, 1.807) is 4.90 Å². The van der Waals surface area contributed by atoms with E-state index in [2.05, 4.69) is 26.1 Å². The van der Waals surface area contributed by atoms with Gasteiger partial charge >= 0.3 is 0 Å². The van der Waals surface area contributed by atoms with Crippen LogP contribution in [0.15, 0.2) is 0 Å². The van der Waals surface area contributed by atoms with Crippen LogP contribution >= 0.6 is 0 Å². The number of nitrogens with one attached hydrogen (secondary N) is 1. The van der Waals surface area contributed by atoms with Crippen LogP contribution in [0, 0.1) is 5.41 Å². The molecular weight excluding hydrogens is 424 g/mol. The first-order chi connectivity index (χ1) is 15.7. The number of nitrogens with zero attached hydrogens (tertiary/aromatic N) is 3. The van der Waals surface area contributed by atoms with Crippen molar-refractivity contribution in [2.75, 3.05) is 59.6 Å². The van der Waals surface area contributed by atoms with Crippen molar-refractivity contribution >= 4 is 17.7 Å². The Labute approximate surface area is 198 Å². The van der Waals surface area contributed by atoms with Gasteiger partial charge in [0.25, 0.3) is 0 Å². The third-order valence-corrected chi connectivity index (χ3v) is 6.67. The summed E-state index contributed by atoms with van der Waals surface area (Å²) in [6, 6.07) is -0.769. The van der Waals surface area contributed by atoms with Crippen LogP contribution in [-0.4, -0.2) is 110 Å². The molecule has 3 heterocycles. The van der Waals surface area contributed by atoms with E-state index in [0.29, 0.717) is 39.0 Å². The second-order valence-electron chi connectivity index (χ2n) is 10.7. The Balaban J connectivity index is 1.81. The van der Waals surface area contributed by atoms with Crippen LogP contribution in [0.5, 0.6) is 0 Å². The molecule has 3 atom stereocenters. The predicted molar refractivity (Wildman–Crippen MR) is 125 cm³/mol. The van der Waals surface area contributed by atoms with Crippen molar-refractivity contribution in [1.82, 2.24) is 20.0 Å². The van der Waals surface area contributed by atoms with Gasteiger partial charge in [-0.3, -0.25) is 14.4 Å². The van der Waals surface area contributed by atoms with Crippen molar-refractivity contribution in [2.24, 2.45) is 5.41 Å².